The Morgan fingerprint density at radius 2 is 2.24 bits per heavy atom. The largest absolute Gasteiger partial charge is 0.330 e. The van der Waals surface area contributed by atoms with Gasteiger partial charge in [-0.2, -0.15) is 5.10 Å². The van der Waals surface area contributed by atoms with Crippen LogP contribution in [0.5, 0.6) is 0 Å². The standard InChI is InChI=1S/C15H18N6/c1-20-13-5-3-2-4-12(13)19-15(20)8-16-11-6-7-14-17-10-18-21(14)9-11/h2-5,10-11,16H,6-9H2,1H3/t11-/m0/s1. The molecule has 0 radical (unpaired) electrons. The lowest BCUT2D eigenvalue weighted by atomic mass is 10.1. The summed E-state index contributed by atoms with van der Waals surface area (Å²) in [6.45, 7) is 1.67. The molecular weight excluding hydrogens is 264 g/mol. The van der Waals surface area contributed by atoms with Crippen LogP contribution in [-0.2, 0) is 26.6 Å². The summed E-state index contributed by atoms with van der Waals surface area (Å²) in [6, 6.07) is 8.67. The first-order chi connectivity index (χ1) is 10.3. The molecule has 108 valence electrons. The quantitative estimate of drug-likeness (QED) is 0.786. The van der Waals surface area contributed by atoms with E-state index in [9.17, 15) is 0 Å². The number of fused-ring (bicyclic) bond motifs is 2. The smallest absolute Gasteiger partial charge is 0.138 e. The first kappa shape index (κ1) is 12.5. The third kappa shape index (κ3) is 2.21. The van der Waals surface area contributed by atoms with Gasteiger partial charge in [0.1, 0.15) is 18.0 Å². The van der Waals surface area contributed by atoms with Crippen molar-refractivity contribution in [2.24, 2.45) is 7.05 Å². The summed E-state index contributed by atoms with van der Waals surface area (Å²) >= 11 is 0. The van der Waals surface area contributed by atoms with Gasteiger partial charge in [0.15, 0.2) is 0 Å². The molecule has 0 spiro atoms. The lowest BCUT2D eigenvalue weighted by Gasteiger charge is -2.23. The molecule has 0 saturated carbocycles. The molecule has 1 aliphatic heterocycles. The number of aryl methyl sites for hydroxylation is 2. The Hall–Kier alpha value is -2.21. The van der Waals surface area contributed by atoms with Crippen LogP contribution in [0.15, 0.2) is 30.6 Å². The summed E-state index contributed by atoms with van der Waals surface area (Å²) in [7, 11) is 2.07. The number of rotatable bonds is 3. The molecular formula is C15H18N6. The van der Waals surface area contributed by atoms with Crippen molar-refractivity contribution in [2.75, 3.05) is 0 Å². The summed E-state index contributed by atoms with van der Waals surface area (Å²) in [6.07, 6.45) is 3.73. The molecule has 0 bridgehead atoms. The van der Waals surface area contributed by atoms with Crippen LogP contribution in [0.1, 0.15) is 18.1 Å². The second-order valence-corrected chi connectivity index (χ2v) is 5.55. The highest BCUT2D eigenvalue weighted by Crippen LogP contribution is 2.15. The van der Waals surface area contributed by atoms with Gasteiger partial charge in [-0.05, 0) is 18.6 Å². The van der Waals surface area contributed by atoms with E-state index in [0.29, 0.717) is 6.04 Å². The zero-order chi connectivity index (χ0) is 14.2. The average molecular weight is 282 g/mol. The number of nitrogens with zero attached hydrogens (tertiary/aromatic N) is 5. The summed E-state index contributed by atoms with van der Waals surface area (Å²) in [5, 5.41) is 7.86. The molecule has 0 fully saturated rings. The van der Waals surface area contributed by atoms with Crippen molar-refractivity contribution in [3.05, 3.63) is 42.2 Å². The molecule has 1 atom stereocenters. The van der Waals surface area contributed by atoms with Crippen LogP contribution in [-0.4, -0.2) is 30.4 Å². The lowest BCUT2D eigenvalue weighted by Crippen LogP contribution is -2.37. The first-order valence-electron chi connectivity index (χ1n) is 7.31. The fourth-order valence-corrected chi connectivity index (χ4v) is 2.99. The average Bonchev–Trinajstić information content (AvgIpc) is 3.10. The van der Waals surface area contributed by atoms with Gasteiger partial charge in [0.2, 0.25) is 0 Å². The van der Waals surface area contributed by atoms with Gasteiger partial charge in [-0.25, -0.2) is 14.6 Å². The topological polar surface area (TPSA) is 60.6 Å². The Bertz CT molecular complexity index is 771. The van der Waals surface area contributed by atoms with Crippen molar-refractivity contribution in [3.8, 4) is 0 Å². The van der Waals surface area contributed by atoms with Gasteiger partial charge in [0, 0.05) is 19.5 Å². The van der Waals surface area contributed by atoms with Crippen molar-refractivity contribution in [1.82, 2.24) is 29.6 Å². The number of imidazole rings is 1. The number of nitrogens with one attached hydrogen (secondary N) is 1. The maximum absolute atomic E-state index is 4.70. The van der Waals surface area contributed by atoms with E-state index >= 15 is 0 Å². The predicted octanol–water partition coefficient (Wildman–Crippen LogP) is 1.27. The predicted molar refractivity (Wildman–Crippen MR) is 79.7 cm³/mol. The molecule has 0 aliphatic carbocycles. The number of hydrogen-bond donors (Lipinski definition) is 1. The van der Waals surface area contributed by atoms with E-state index in [1.807, 2.05) is 10.7 Å². The van der Waals surface area contributed by atoms with Gasteiger partial charge in [-0.3, -0.25) is 0 Å². The van der Waals surface area contributed by atoms with Crippen LogP contribution in [0.25, 0.3) is 11.0 Å². The monoisotopic (exact) mass is 282 g/mol. The molecule has 0 unspecified atom stereocenters. The SMILES string of the molecule is Cn1c(CN[C@H]2CCc3ncnn3C2)nc2ccccc21. The fourth-order valence-electron chi connectivity index (χ4n) is 2.99. The highest BCUT2D eigenvalue weighted by molar-refractivity contribution is 5.75. The van der Waals surface area contributed by atoms with Gasteiger partial charge in [-0.1, -0.05) is 12.1 Å². The van der Waals surface area contributed by atoms with E-state index in [1.54, 1.807) is 6.33 Å². The van der Waals surface area contributed by atoms with Crippen molar-refractivity contribution in [2.45, 2.75) is 32.0 Å². The molecule has 1 N–H and O–H groups in total. The number of aromatic nitrogens is 5. The normalized spacial score (nSPS) is 18.0. The first-order valence-corrected chi connectivity index (χ1v) is 7.31. The van der Waals surface area contributed by atoms with Crippen LogP contribution < -0.4 is 5.32 Å². The molecule has 6 heteroatoms. The Balaban J connectivity index is 1.48. The fraction of sp³-hybridized carbons (Fsp3) is 0.400. The number of benzene rings is 1. The molecule has 0 saturated heterocycles. The summed E-state index contributed by atoms with van der Waals surface area (Å²) in [5.41, 5.74) is 2.23. The molecule has 6 nitrogen and oxygen atoms in total. The van der Waals surface area contributed by atoms with Gasteiger partial charge >= 0.3 is 0 Å². The van der Waals surface area contributed by atoms with Gasteiger partial charge in [-0.15, -0.1) is 0 Å². The van der Waals surface area contributed by atoms with Crippen molar-refractivity contribution < 1.29 is 0 Å². The number of hydrogen-bond acceptors (Lipinski definition) is 4. The van der Waals surface area contributed by atoms with Crippen molar-refractivity contribution in [1.29, 1.82) is 0 Å². The van der Waals surface area contributed by atoms with Crippen LogP contribution in [0.4, 0.5) is 0 Å². The Kier molecular flexibility index (Phi) is 2.96. The Morgan fingerprint density at radius 1 is 1.33 bits per heavy atom. The van der Waals surface area contributed by atoms with Crippen LogP contribution in [0, 0.1) is 0 Å². The van der Waals surface area contributed by atoms with E-state index in [1.165, 1.54) is 5.52 Å². The van der Waals surface area contributed by atoms with Crippen LogP contribution in [0.3, 0.4) is 0 Å². The molecule has 1 aromatic carbocycles. The van der Waals surface area contributed by atoms with E-state index < -0.39 is 0 Å². The van der Waals surface area contributed by atoms with Crippen molar-refractivity contribution in [3.63, 3.8) is 0 Å². The third-order valence-electron chi connectivity index (χ3n) is 4.23. The highest BCUT2D eigenvalue weighted by Gasteiger charge is 2.19. The van der Waals surface area contributed by atoms with E-state index in [0.717, 1.165) is 43.1 Å². The molecule has 0 amide bonds. The maximum Gasteiger partial charge on any atom is 0.138 e. The minimum Gasteiger partial charge on any atom is -0.330 e. The second kappa shape index (κ2) is 4.96. The van der Waals surface area contributed by atoms with E-state index in [2.05, 4.69) is 45.2 Å². The molecule has 3 heterocycles. The Morgan fingerprint density at radius 3 is 3.14 bits per heavy atom. The summed E-state index contributed by atoms with van der Waals surface area (Å²) < 4.78 is 4.15. The maximum atomic E-state index is 4.70. The zero-order valence-electron chi connectivity index (χ0n) is 12.0. The molecule has 4 rings (SSSR count). The van der Waals surface area contributed by atoms with E-state index in [-0.39, 0.29) is 0 Å². The third-order valence-corrected chi connectivity index (χ3v) is 4.23. The van der Waals surface area contributed by atoms with Crippen LogP contribution >= 0.6 is 0 Å². The Labute approximate surface area is 122 Å². The minimum atomic E-state index is 0.430. The van der Waals surface area contributed by atoms with Crippen LogP contribution in [0.2, 0.25) is 0 Å². The van der Waals surface area contributed by atoms with Gasteiger partial charge < -0.3 is 9.88 Å². The molecule has 21 heavy (non-hydrogen) atoms. The minimum absolute atomic E-state index is 0.430. The van der Waals surface area contributed by atoms with Crippen molar-refractivity contribution >= 4 is 11.0 Å². The molecule has 1 aliphatic rings. The van der Waals surface area contributed by atoms with E-state index in [4.69, 9.17) is 4.98 Å². The lowest BCUT2D eigenvalue weighted by molar-refractivity contribution is 0.354. The van der Waals surface area contributed by atoms with Gasteiger partial charge in [0.25, 0.3) is 0 Å². The summed E-state index contributed by atoms with van der Waals surface area (Å²) in [5.74, 6) is 2.16. The molecule has 2 aromatic heterocycles. The highest BCUT2D eigenvalue weighted by atomic mass is 15.3. The van der Waals surface area contributed by atoms with Gasteiger partial charge in [0.05, 0.1) is 24.1 Å². The second-order valence-electron chi connectivity index (χ2n) is 5.55. The summed E-state index contributed by atoms with van der Waals surface area (Å²) in [4.78, 5) is 8.96. The zero-order valence-corrected chi connectivity index (χ0v) is 12.0. The number of para-hydroxylation sites is 2. The molecule has 3 aromatic rings.